The predicted octanol–water partition coefficient (Wildman–Crippen LogP) is 0.972. The van der Waals surface area contributed by atoms with E-state index in [1.54, 1.807) is 25.2 Å². The summed E-state index contributed by atoms with van der Waals surface area (Å²) in [5, 5.41) is 16.8. The van der Waals surface area contributed by atoms with Gasteiger partial charge in [-0.3, -0.25) is 9.59 Å². The van der Waals surface area contributed by atoms with Crippen LogP contribution in [0.1, 0.15) is 12.0 Å². The molecule has 1 saturated heterocycles. The maximum atomic E-state index is 13.6. The minimum absolute atomic E-state index is 0.161. The van der Waals surface area contributed by atoms with Crippen LogP contribution in [0.3, 0.4) is 0 Å². The summed E-state index contributed by atoms with van der Waals surface area (Å²) >= 11 is 0. The molecule has 1 unspecified atom stereocenters. The van der Waals surface area contributed by atoms with Crippen molar-refractivity contribution >= 4 is 39.3 Å². The molecule has 1 aromatic rings. The highest BCUT2D eigenvalue weighted by atomic mass is 32.3. The van der Waals surface area contributed by atoms with Gasteiger partial charge < -0.3 is 25.0 Å². The molecule has 14 heteroatoms. The predicted molar refractivity (Wildman–Crippen MR) is 106 cm³/mol. The number of hydrogen-bond acceptors (Lipinski definition) is 8. The number of alkyl halides is 2. The topological polar surface area (TPSA) is 141 Å². The molecule has 2 amide bonds. The Kier molecular flexibility index (Phi) is 6.22. The first kappa shape index (κ1) is 23.2. The minimum Gasteiger partial charge on any atom is -0.388 e. The number of fused-ring (bicyclic) bond motifs is 1. The average molecular weight is 473 g/mol. The Morgan fingerprint density at radius 1 is 1.41 bits per heavy atom. The van der Waals surface area contributed by atoms with E-state index in [4.69, 9.17) is 5.26 Å². The number of carbonyl (C=O) groups excluding carboxylic acids is 2. The van der Waals surface area contributed by atoms with Crippen LogP contribution in [0.5, 0.6) is 0 Å². The van der Waals surface area contributed by atoms with Gasteiger partial charge >= 0.3 is 10.5 Å². The van der Waals surface area contributed by atoms with E-state index in [1.807, 2.05) is 0 Å². The molecule has 3 rings (SSSR count). The van der Waals surface area contributed by atoms with E-state index < -0.39 is 59.6 Å². The van der Waals surface area contributed by atoms with E-state index >= 15 is 0 Å². The fourth-order valence-corrected chi connectivity index (χ4v) is 3.84. The van der Waals surface area contributed by atoms with Crippen molar-refractivity contribution in [1.82, 2.24) is 10.2 Å². The van der Waals surface area contributed by atoms with Gasteiger partial charge in [-0.25, -0.2) is 8.78 Å². The van der Waals surface area contributed by atoms with E-state index in [0.717, 1.165) is 0 Å². The normalized spacial score (nSPS) is 19.5. The second-order valence-electron chi connectivity index (χ2n) is 7.05. The molecule has 0 saturated carbocycles. The Labute approximate surface area is 181 Å². The summed E-state index contributed by atoms with van der Waals surface area (Å²) in [7, 11) is -3.87. The van der Waals surface area contributed by atoms with Crippen LogP contribution in [0.4, 0.5) is 24.0 Å². The van der Waals surface area contributed by atoms with Gasteiger partial charge in [0.25, 0.3) is 11.8 Å². The van der Waals surface area contributed by atoms with E-state index in [-0.39, 0.29) is 17.7 Å². The van der Waals surface area contributed by atoms with Crippen molar-refractivity contribution in [2.24, 2.45) is 0 Å². The number of amides is 2. The first-order valence-corrected chi connectivity index (χ1v) is 10.5. The summed E-state index contributed by atoms with van der Waals surface area (Å²) in [5.41, 5.74) is 0.753. The highest BCUT2D eigenvalue weighted by Crippen LogP contribution is 2.35. The molecule has 10 nitrogen and oxygen atoms in total. The second kappa shape index (κ2) is 8.58. The number of nitriles is 1. The van der Waals surface area contributed by atoms with E-state index in [2.05, 4.69) is 20.1 Å². The fraction of sp³-hybridized carbons (Fsp3) is 0.389. The van der Waals surface area contributed by atoms with Crippen molar-refractivity contribution in [2.45, 2.75) is 18.4 Å². The van der Waals surface area contributed by atoms with Gasteiger partial charge in [-0.15, -0.1) is 0 Å². The molecule has 0 bridgehead atoms. The number of hydrogen-bond donors (Lipinski definition) is 3. The first-order chi connectivity index (χ1) is 14.9. The first-order valence-electron chi connectivity index (χ1n) is 9.22. The van der Waals surface area contributed by atoms with Gasteiger partial charge in [-0.2, -0.15) is 13.7 Å². The van der Waals surface area contributed by atoms with Gasteiger partial charge in [0.05, 0.1) is 31.3 Å². The minimum atomic E-state index is -5.46. The van der Waals surface area contributed by atoms with Gasteiger partial charge in [0.1, 0.15) is 6.04 Å². The smallest absolute Gasteiger partial charge is 0.388 e. The third kappa shape index (κ3) is 5.05. The van der Waals surface area contributed by atoms with Gasteiger partial charge in [0.15, 0.2) is 5.76 Å². The Morgan fingerprint density at radius 2 is 2.12 bits per heavy atom. The van der Waals surface area contributed by atoms with Crippen LogP contribution >= 0.6 is 0 Å². The molecule has 1 fully saturated rings. The summed E-state index contributed by atoms with van der Waals surface area (Å²) in [6.07, 6.45) is -0.813. The lowest BCUT2D eigenvalue weighted by atomic mass is 9.97. The van der Waals surface area contributed by atoms with E-state index in [0.29, 0.717) is 16.3 Å². The van der Waals surface area contributed by atoms with Crippen molar-refractivity contribution in [3.8, 4) is 6.07 Å². The molecule has 2 heterocycles. The molecule has 3 N–H and O–H groups in total. The third-order valence-corrected chi connectivity index (χ3v) is 5.26. The van der Waals surface area contributed by atoms with E-state index in [9.17, 15) is 30.7 Å². The largest absolute Gasteiger partial charge is 0.488 e. The summed E-state index contributed by atoms with van der Waals surface area (Å²) in [4.78, 5) is 25.9. The van der Waals surface area contributed by atoms with E-state index in [1.165, 1.54) is 6.07 Å². The number of anilines is 2. The molecule has 0 spiro atoms. The van der Waals surface area contributed by atoms with Crippen LogP contribution in [0.2, 0.25) is 0 Å². The standard InChI is InChI=1S/C18H18F3N5O5S/c1-23-10-2-3-13-12(4-10)16(14(7-24-13)31-32(21,29)30)17(28)25-8-15(27)26-9-18(19,20)5-11(26)6-22/h2-4,11,23-24H,5,7-9H2,1H3,(H,25,28). The molecule has 0 radical (unpaired) electrons. The average Bonchev–Trinajstić information content (AvgIpc) is 3.04. The molecule has 172 valence electrons. The van der Waals surface area contributed by atoms with Crippen molar-refractivity contribution in [3.63, 3.8) is 0 Å². The summed E-state index contributed by atoms with van der Waals surface area (Å²) < 4.78 is 66.7. The van der Waals surface area contributed by atoms with Crippen LogP contribution in [0.25, 0.3) is 5.57 Å². The summed E-state index contributed by atoms with van der Waals surface area (Å²) in [5.74, 6) is -5.70. The van der Waals surface area contributed by atoms with Crippen LogP contribution in [-0.2, 0) is 24.3 Å². The Morgan fingerprint density at radius 3 is 2.75 bits per heavy atom. The second-order valence-corrected chi connectivity index (χ2v) is 8.00. The van der Waals surface area contributed by atoms with Crippen molar-refractivity contribution in [2.75, 3.05) is 37.3 Å². The Balaban J connectivity index is 1.86. The maximum Gasteiger partial charge on any atom is 0.488 e. The number of carbonyl (C=O) groups is 2. The Hall–Kier alpha value is -3.47. The fourth-order valence-electron chi connectivity index (χ4n) is 3.46. The molecule has 32 heavy (non-hydrogen) atoms. The highest BCUT2D eigenvalue weighted by molar-refractivity contribution is 7.81. The molecule has 2 aliphatic rings. The lowest BCUT2D eigenvalue weighted by Gasteiger charge is -2.24. The number of likely N-dealkylation sites (tertiary alicyclic amines) is 1. The van der Waals surface area contributed by atoms with Gasteiger partial charge in [-0.1, -0.05) is 3.89 Å². The highest BCUT2D eigenvalue weighted by Gasteiger charge is 2.47. The van der Waals surface area contributed by atoms with Crippen molar-refractivity contribution in [3.05, 3.63) is 29.5 Å². The maximum absolute atomic E-state index is 13.6. The van der Waals surface area contributed by atoms with Gasteiger partial charge in [0, 0.05) is 30.4 Å². The zero-order chi connectivity index (χ0) is 23.7. The Bertz CT molecular complexity index is 1130. The molecular formula is C18H18F3N5O5S. The number of nitrogens with zero attached hydrogens (tertiary/aromatic N) is 2. The summed E-state index contributed by atoms with van der Waals surface area (Å²) in [6, 6.07) is 5.00. The third-order valence-electron chi connectivity index (χ3n) is 4.86. The monoisotopic (exact) mass is 473 g/mol. The zero-order valence-electron chi connectivity index (χ0n) is 16.6. The molecule has 0 aliphatic carbocycles. The number of rotatable bonds is 6. The number of nitrogens with one attached hydrogen (secondary N) is 3. The molecule has 0 aromatic heterocycles. The van der Waals surface area contributed by atoms with Crippen LogP contribution in [0, 0.1) is 11.3 Å². The molecule has 1 aromatic carbocycles. The van der Waals surface area contributed by atoms with Crippen molar-refractivity contribution < 1.29 is 34.9 Å². The molecule has 2 aliphatic heterocycles. The van der Waals surface area contributed by atoms with Gasteiger partial charge in [-0.05, 0) is 18.2 Å². The van der Waals surface area contributed by atoms with Crippen LogP contribution < -0.4 is 16.0 Å². The quantitative estimate of drug-likeness (QED) is 0.519. The number of halogens is 3. The molecule has 1 atom stereocenters. The lowest BCUT2D eigenvalue weighted by molar-refractivity contribution is -0.133. The molecular weight excluding hydrogens is 455 g/mol. The summed E-state index contributed by atoms with van der Waals surface area (Å²) in [6.45, 7) is -2.06. The zero-order valence-corrected chi connectivity index (χ0v) is 17.4. The van der Waals surface area contributed by atoms with Crippen LogP contribution in [-0.4, -0.2) is 63.8 Å². The lowest BCUT2D eigenvalue weighted by Crippen LogP contribution is -2.43. The number of benzene rings is 1. The SMILES string of the molecule is CNc1ccc2c(c1)C(C(=O)NCC(=O)N1CC(F)(F)CC1C#N)=C(OS(=O)(=O)F)CN2. The van der Waals surface area contributed by atoms with Gasteiger partial charge in [0.2, 0.25) is 5.91 Å². The van der Waals surface area contributed by atoms with Crippen molar-refractivity contribution in [1.29, 1.82) is 5.26 Å². The van der Waals surface area contributed by atoms with Crippen LogP contribution in [0.15, 0.2) is 24.0 Å².